The van der Waals surface area contributed by atoms with Crippen LogP contribution in [0.4, 0.5) is 0 Å². The van der Waals surface area contributed by atoms with E-state index < -0.39 is 23.7 Å². The zero-order valence-electron chi connectivity index (χ0n) is 26.9. The van der Waals surface area contributed by atoms with Crippen molar-refractivity contribution in [1.29, 1.82) is 0 Å². The van der Waals surface area contributed by atoms with Crippen LogP contribution in [0.2, 0.25) is 0 Å². The Kier molecular flexibility index (Phi) is 13.0. The van der Waals surface area contributed by atoms with Gasteiger partial charge < -0.3 is 20.1 Å². The minimum atomic E-state index is -1.28. The zero-order valence-corrected chi connectivity index (χ0v) is 26.9. The second-order valence-corrected chi connectivity index (χ2v) is 12.2. The van der Waals surface area contributed by atoms with E-state index in [0.29, 0.717) is 39.1 Å². The number of unbranched alkanes of at least 4 members (excludes halogenated alkanes) is 12. The molecule has 3 N–H and O–H groups in total. The van der Waals surface area contributed by atoms with Crippen molar-refractivity contribution in [3.05, 3.63) is 82.9 Å². The Bertz CT molecular complexity index is 1660. The number of esters is 1. The summed E-state index contributed by atoms with van der Waals surface area (Å²) >= 11 is 0. The number of aromatic hydroxyl groups is 1. The summed E-state index contributed by atoms with van der Waals surface area (Å²) in [5.41, 5.74) is 0.299. The Morgan fingerprint density at radius 2 is 1.07 bits per heavy atom. The molecule has 0 saturated carbocycles. The lowest BCUT2D eigenvalue weighted by molar-refractivity contribution is -0.134. The summed E-state index contributed by atoms with van der Waals surface area (Å²) in [5, 5.41) is 33.6. The summed E-state index contributed by atoms with van der Waals surface area (Å²) in [7, 11) is 0. The van der Waals surface area contributed by atoms with E-state index in [-0.39, 0.29) is 29.7 Å². The second-order valence-electron chi connectivity index (χ2n) is 12.2. The molecule has 4 rings (SSSR count). The first-order chi connectivity index (χ1) is 22.3. The van der Waals surface area contributed by atoms with Gasteiger partial charge in [-0.2, -0.15) is 0 Å². The number of hydrogen-bond donors (Lipinski definition) is 3. The topological polar surface area (TPSA) is 121 Å². The molecule has 0 fully saturated rings. The molecule has 46 heavy (non-hydrogen) atoms. The van der Waals surface area contributed by atoms with Gasteiger partial charge in [0.15, 0.2) is 0 Å². The average Bonchev–Trinajstić information content (AvgIpc) is 3.04. The number of aromatic carboxylic acids is 2. The van der Waals surface area contributed by atoms with Crippen molar-refractivity contribution in [2.45, 2.75) is 103 Å². The van der Waals surface area contributed by atoms with Crippen molar-refractivity contribution in [2.24, 2.45) is 0 Å². The van der Waals surface area contributed by atoms with Gasteiger partial charge in [0.1, 0.15) is 22.6 Å². The number of rotatable bonds is 19. The van der Waals surface area contributed by atoms with Crippen LogP contribution in [0, 0.1) is 0 Å². The standard InChI is InChI=1S/C39H46O7/c1-2-3-4-5-6-7-8-9-10-11-12-13-14-23-35(40)46-37-32(30-22-18-16-20-28(30)25-34(37)39(44)45)26-31-29-21-17-15-19-27(29)24-33(36(31)41)38(42)43/h15-22,24-25,41H,2-14,23,26H2,1H3,(H,42,43)(H,44,45). The highest BCUT2D eigenvalue weighted by molar-refractivity contribution is 6.03. The number of fused-ring (bicyclic) bond motifs is 2. The lowest BCUT2D eigenvalue weighted by Gasteiger charge is -2.18. The summed E-state index contributed by atoms with van der Waals surface area (Å²) in [6, 6.07) is 17.2. The van der Waals surface area contributed by atoms with Crippen LogP contribution in [0.25, 0.3) is 21.5 Å². The van der Waals surface area contributed by atoms with Gasteiger partial charge in [-0.1, -0.05) is 133 Å². The van der Waals surface area contributed by atoms with Gasteiger partial charge in [-0.3, -0.25) is 4.79 Å². The van der Waals surface area contributed by atoms with E-state index in [4.69, 9.17) is 4.74 Å². The lowest BCUT2D eigenvalue weighted by Crippen LogP contribution is -2.14. The quantitative estimate of drug-likeness (QED) is 0.0538. The van der Waals surface area contributed by atoms with Gasteiger partial charge in [-0.25, -0.2) is 9.59 Å². The molecule has 0 aromatic heterocycles. The number of phenols is 1. The van der Waals surface area contributed by atoms with Crippen molar-refractivity contribution in [3.63, 3.8) is 0 Å². The Labute approximate surface area is 271 Å². The highest BCUT2D eigenvalue weighted by Crippen LogP contribution is 2.39. The van der Waals surface area contributed by atoms with Crippen molar-refractivity contribution >= 4 is 39.5 Å². The molecule has 7 heteroatoms. The molecule has 0 spiro atoms. The van der Waals surface area contributed by atoms with E-state index in [9.17, 15) is 29.7 Å². The van der Waals surface area contributed by atoms with Gasteiger partial charge in [0, 0.05) is 24.0 Å². The summed E-state index contributed by atoms with van der Waals surface area (Å²) in [6.45, 7) is 2.24. The number of ether oxygens (including phenoxy) is 1. The molecule has 0 radical (unpaired) electrons. The monoisotopic (exact) mass is 626 g/mol. The third-order valence-corrected chi connectivity index (χ3v) is 8.75. The van der Waals surface area contributed by atoms with E-state index in [1.165, 1.54) is 69.9 Å². The Hall–Kier alpha value is -4.39. The van der Waals surface area contributed by atoms with Crippen molar-refractivity contribution in [3.8, 4) is 11.5 Å². The lowest BCUT2D eigenvalue weighted by atomic mass is 9.90. The molecular weight excluding hydrogens is 580 g/mol. The van der Waals surface area contributed by atoms with Crippen LogP contribution >= 0.6 is 0 Å². The highest BCUT2D eigenvalue weighted by Gasteiger charge is 2.25. The van der Waals surface area contributed by atoms with Gasteiger partial charge in [0.25, 0.3) is 0 Å². The number of hydrogen-bond acceptors (Lipinski definition) is 5. The molecular formula is C39H46O7. The van der Waals surface area contributed by atoms with Crippen LogP contribution < -0.4 is 4.74 Å². The van der Waals surface area contributed by atoms with E-state index in [1.807, 2.05) is 0 Å². The van der Waals surface area contributed by atoms with E-state index >= 15 is 0 Å². The molecule has 0 aliphatic heterocycles. The molecule has 0 saturated heterocycles. The van der Waals surface area contributed by atoms with E-state index in [1.54, 1.807) is 48.5 Å². The molecule has 0 heterocycles. The predicted molar refractivity (Wildman–Crippen MR) is 182 cm³/mol. The fourth-order valence-corrected chi connectivity index (χ4v) is 6.24. The summed E-state index contributed by atoms with van der Waals surface area (Å²) in [6.07, 6.45) is 15.5. The van der Waals surface area contributed by atoms with Crippen molar-refractivity contribution < 1.29 is 34.4 Å². The first kappa shape index (κ1) is 34.5. The molecule has 244 valence electrons. The number of carboxylic acid groups (broad SMARTS) is 2. The first-order valence-electron chi connectivity index (χ1n) is 16.8. The van der Waals surface area contributed by atoms with Crippen LogP contribution in [-0.4, -0.2) is 33.2 Å². The Morgan fingerprint density at radius 3 is 1.59 bits per heavy atom. The van der Waals surface area contributed by atoms with Crippen molar-refractivity contribution in [2.75, 3.05) is 0 Å². The Morgan fingerprint density at radius 1 is 0.609 bits per heavy atom. The molecule has 0 bridgehead atoms. The van der Waals surface area contributed by atoms with Gasteiger partial charge in [-0.15, -0.1) is 0 Å². The molecule has 4 aromatic carbocycles. The minimum Gasteiger partial charge on any atom is -0.507 e. The van der Waals surface area contributed by atoms with Gasteiger partial charge in [0.05, 0.1) is 0 Å². The van der Waals surface area contributed by atoms with Gasteiger partial charge in [0.2, 0.25) is 0 Å². The van der Waals surface area contributed by atoms with Crippen LogP contribution in [-0.2, 0) is 11.2 Å². The number of carboxylic acids is 2. The molecule has 0 atom stereocenters. The van der Waals surface area contributed by atoms with Crippen LogP contribution in [0.15, 0.2) is 60.7 Å². The first-order valence-corrected chi connectivity index (χ1v) is 16.8. The Balaban J connectivity index is 1.47. The fraction of sp³-hybridized carbons (Fsp3) is 0.410. The number of carbonyl (C=O) groups excluding carboxylic acids is 1. The smallest absolute Gasteiger partial charge is 0.339 e. The fourth-order valence-electron chi connectivity index (χ4n) is 6.24. The van der Waals surface area contributed by atoms with E-state index in [2.05, 4.69) is 6.92 Å². The normalized spacial score (nSPS) is 11.2. The SMILES string of the molecule is CCCCCCCCCCCCCCCC(=O)Oc1c(C(=O)O)cc2ccccc2c1Cc1c(O)c(C(=O)O)cc2ccccc12. The number of carbonyl (C=O) groups is 3. The summed E-state index contributed by atoms with van der Waals surface area (Å²) in [5.74, 6) is -3.52. The summed E-state index contributed by atoms with van der Waals surface area (Å²) in [4.78, 5) is 37.5. The second kappa shape index (κ2) is 17.3. The van der Waals surface area contributed by atoms with E-state index in [0.717, 1.165) is 19.3 Å². The third-order valence-electron chi connectivity index (χ3n) is 8.75. The third kappa shape index (κ3) is 9.09. The summed E-state index contributed by atoms with van der Waals surface area (Å²) < 4.78 is 5.84. The number of benzene rings is 4. The largest absolute Gasteiger partial charge is 0.507 e. The molecule has 0 unspecified atom stereocenters. The predicted octanol–water partition coefficient (Wildman–Crippen LogP) is 10.1. The van der Waals surface area contributed by atoms with Crippen LogP contribution in [0.1, 0.15) is 129 Å². The van der Waals surface area contributed by atoms with Gasteiger partial charge >= 0.3 is 17.9 Å². The maximum Gasteiger partial charge on any atom is 0.339 e. The van der Waals surface area contributed by atoms with Gasteiger partial charge in [-0.05, 0) is 40.1 Å². The van der Waals surface area contributed by atoms with Crippen molar-refractivity contribution in [1.82, 2.24) is 0 Å². The van der Waals surface area contributed by atoms with Crippen LogP contribution in [0.5, 0.6) is 11.5 Å². The molecule has 4 aromatic rings. The maximum absolute atomic E-state index is 13.1. The molecule has 7 nitrogen and oxygen atoms in total. The molecule has 0 amide bonds. The zero-order chi connectivity index (χ0) is 32.9. The molecule has 0 aliphatic rings. The average molecular weight is 627 g/mol. The highest BCUT2D eigenvalue weighted by atomic mass is 16.5. The van der Waals surface area contributed by atoms with Crippen LogP contribution in [0.3, 0.4) is 0 Å². The molecule has 0 aliphatic carbocycles. The minimum absolute atomic E-state index is 0.0452. The maximum atomic E-state index is 13.1.